The Hall–Kier alpha value is -3.50. The molecule has 10 atom stereocenters. The van der Waals surface area contributed by atoms with E-state index >= 15 is 8.78 Å². The van der Waals surface area contributed by atoms with Crippen molar-refractivity contribution in [3.05, 3.63) is 29.3 Å². The molecule has 4 aromatic rings. The van der Waals surface area contributed by atoms with E-state index < -0.39 is 83.6 Å². The fourth-order valence-corrected chi connectivity index (χ4v) is 7.38. The Morgan fingerprint density at radius 1 is 0.935 bits per heavy atom. The summed E-state index contributed by atoms with van der Waals surface area (Å²) in [5.74, 6) is -0.296. The first kappa shape index (κ1) is 31.1. The van der Waals surface area contributed by atoms with Crippen molar-refractivity contribution >= 4 is 49.7 Å². The van der Waals surface area contributed by atoms with Crippen molar-refractivity contribution in [2.45, 2.75) is 49.2 Å². The maximum Gasteiger partial charge on any atom is 0.475 e. The predicted octanol–water partition coefficient (Wildman–Crippen LogP) is 0.267. The molecule has 0 aliphatic carbocycles. The number of ether oxygens (including phenoxy) is 2. The third kappa shape index (κ3) is 5.27. The number of hydrogen-bond donors (Lipinski definition) is 4. The first-order valence-corrected chi connectivity index (χ1v) is 16.2. The molecule has 7 heterocycles. The van der Waals surface area contributed by atoms with E-state index in [1.54, 1.807) is 0 Å². The zero-order valence-electron chi connectivity index (χ0n) is 23.2. The van der Waals surface area contributed by atoms with Crippen molar-refractivity contribution in [2.75, 3.05) is 31.8 Å². The smallest absolute Gasteiger partial charge is 0.382 e. The van der Waals surface area contributed by atoms with Crippen molar-refractivity contribution in [1.82, 2.24) is 39.0 Å². The molecule has 0 aromatic carbocycles. The van der Waals surface area contributed by atoms with E-state index in [1.165, 1.54) is 0 Å². The summed E-state index contributed by atoms with van der Waals surface area (Å²) < 4.78 is 98.4. The Balaban J connectivity index is 1.22. The van der Waals surface area contributed by atoms with Gasteiger partial charge in [0.05, 0.1) is 25.9 Å². The number of phosphoric ester groups is 2. The van der Waals surface area contributed by atoms with E-state index in [2.05, 4.69) is 29.9 Å². The van der Waals surface area contributed by atoms with E-state index in [9.17, 15) is 18.8 Å². The molecule has 0 amide bonds. The number of aromatic nitrogens is 8. The second kappa shape index (κ2) is 11.3. The number of phosphoric acid groups is 2. The summed E-state index contributed by atoms with van der Waals surface area (Å²) in [4.78, 5) is 45.0. The Morgan fingerprint density at radius 2 is 1.63 bits per heavy atom. The number of nitrogen functional groups attached to an aromatic ring is 2. The van der Waals surface area contributed by atoms with Crippen molar-refractivity contribution < 1.29 is 54.9 Å². The maximum atomic E-state index is 16.0. The number of nitrogens with one attached hydrogen (secondary N) is 1. The number of nitrogens with zero attached hydrogens (tertiary/aromatic N) is 7. The van der Waals surface area contributed by atoms with Crippen LogP contribution < -0.4 is 17.0 Å². The Bertz CT molecular complexity index is 1960. The molecule has 0 radical (unpaired) electrons. The number of halogens is 2. The van der Waals surface area contributed by atoms with Crippen LogP contribution >= 0.6 is 15.6 Å². The lowest BCUT2D eigenvalue weighted by Gasteiger charge is -2.26. The number of alkyl halides is 2. The number of fused-ring (bicyclic) bond motifs is 5. The first-order chi connectivity index (χ1) is 21.9. The van der Waals surface area contributed by atoms with Crippen LogP contribution in [0, 0.1) is 0 Å². The molecule has 3 aliphatic rings. The lowest BCUT2D eigenvalue weighted by atomic mass is 10.1. The lowest BCUT2D eigenvalue weighted by molar-refractivity contribution is -0.0681. The molecular formula is C21H24F2N10O11P2. The van der Waals surface area contributed by atoms with Gasteiger partial charge in [-0.05, 0) is 0 Å². The molecule has 0 saturated carbocycles. The lowest BCUT2D eigenvalue weighted by Crippen LogP contribution is -2.34. The van der Waals surface area contributed by atoms with Gasteiger partial charge in [0.1, 0.15) is 36.3 Å². The van der Waals surface area contributed by atoms with Gasteiger partial charge in [0.25, 0.3) is 5.56 Å². The molecule has 3 aliphatic heterocycles. The number of aromatic amines is 1. The third-order valence-electron chi connectivity index (χ3n) is 7.45. The minimum atomic E-state index is -5.18. The predicted molar refractivity (Wildman–Crippen MR) is 146 cm³/mol. The highest BCUT2D eigenvalue weighted by molar-refractivity contribution is 7.48. The van der Waals surface area contributed by atoms with Crippen LogP contribution in [0.3, 0.4) is 0 Å². The van der Waals surface area contributed by atoms with Crippen molar-refractivity contribution in [2.24, 2.45) is 0 Å². The topological polar surface area (TPSA) is 278 Å². The number of anilines is 2. The zero-order valence-corrected chi connectivity index (χ0v) is 25.0. The fourth-order valence-electron chi connectivity index (χ4n) is 5.32. The summed E-state index contributed by atoms with van der Waals surface area (Å²) in [6, 6.07) is 0. The van der Waals surface area contributed by atoms with Gasteiger partial charge in [-0.25, -0.2) is 37.8 Å². The molecule has 2 bridgehead atoms. The van der Waals surface area contributed by atoms with Gasteiger partial charge in [0, 0.05) is 7.11 Å². The Labute approximate surface area is 254 Å². The van der Waals surface area contributed by atoms with Gasteiger partial charge in [-0.3, -0.25) is 41.5 Å². The van der Waals surface area contributed by atoms with Gasteiger partial charge in [-0.2, -0.15) is 4.98 Å². The number of H-pyrrole nitrogens is 1. The van der Waals surface area contributed by atoms with Crippen molar-refractivity contribution in [3.8, 4) is 0 Å². The first-order valence-electron chi connectivity index (χ1n) is 13.3. The van der Waals surface area contributed by atoms with Crippen LogP contribution in [0.4, 0.5) is 20.5 Å². The molecule has 4 aromatic heterocycles. The molecule has 7 rings (SSSR count). The van der Waals surface area contributed by atoms with Crippen LogP contribution in [0.1, 0.15) is 12.5 Å². The minimum Gasteiger partial charge on any atom is -0.382 e. The summed E-state index contributed by atoms with van der Waals surface area (Å²) in [5, 5.41) is 0. The molecule has 248 valence electrons. The highest BCUT2D eigenvalue weighted by atomic mass is 31.2. The van der Waals surface area contributed by atoms with E-state index in [0.717, 1.165) is 35.2 Å². The Morgan fingerprint density at radius 3 is 2.39 bits per heavy atom. The van der Waals surface area contributed by atoms with Gasteiger partial charge in [-0.15, -0.1) is 0 Å². The normalized spacial score (nSPS) is 37.1. The average molecular weight is 692 g/mol. The number of imidazole rings is 2. The summed E-state index contributed by atoms with van der Waals surface area (Å²) in [6.07, 6.45) is -11.1. The molecule has 25 heteroatoms. The van der Waals surface area contributed by atoms with Crippen LogP contribution in [-0.2, 0) is 41.2 Å². The highest BCUT2D eigenvalue weighted by Gasteiger charge is 2.55. The van der Waals surface area contributed by atoms with Crippen LogP contribution in [-0.4, -0.2) is 101 Å². The SMILES string of the molecule is COP1(=O)OC[C@H]2O[C@@H](n3cnc4c(N)ncnc43)[C@@H](F)C2OP(=O)(O)OC[C@H]2O[C@@H](n3cnc4c(=O)[nH]c(N)nc43)[C@@H](O1)C2F. The van der Waals surface area contributed by atoms with Crippen molar-refractivity contribution in [1.29, 1.82) is 0 Å². The summed E-state index contributed by atoms with van der Waals surface area (Å²) in [7, 11) is -8.97. The van der Waals surface area contributed by atoms with Gasteiger partial charge in [0.2, 0.25) is 5.95 Å². The largest absolute Gasteiger partial charge is 0.475 e. The van der Waals surface area contributed by atoms with Gasteiger partial charge >= 0.3 is 15.6 Å². The summed E-state index contributed by atoms with van der Waals surface area (Å²) in [5.41, 5.74) is 10.6. The quantitative estimate of drug-likeness (QED) is 0.210. The molecular weight excluding hydrogens is 668 g/mol. The molecule has 46 heavy (non-hydrogen) atoms. The van der Waals surface area contributed by atoms with Crippen LogP contribution in [0.25, 0.3) is 22.3 Å². The highest BCUT2D eigenvalue weighted by Crippen LogP contribution is 2.56. The second-order valence-electron chi connectivity index (χ2n) is 10.2. The summed E-state index contributed by atoms with van der Waals surface area (Å²) >= 11 is 0. The van der Waals surface area contributed by atoms with Crippen LogP contribution in [0.5, 0.6) is 0 Å². The number of hydrogen-bond acceptors (Lipinski definition) is 17. The molecule has 4 unspecified atom stereocenters. The van der Waals surface area contributed by atoms with Gasteiger partial charge in [0.15, 0.2) is 47.4 Å². The zero-order chi connectivity index (χ0) is 32.5. The fraction of sp³-hybridized carbons (Fsp3) is 0.524. The second-order valence-corrected chi connectivity index (χ2v) is 13.3. The van der Waals surface area contributed by atoms with E-state index in [-0.39, 0.29) is 34.1 Å². The maximum absolute atomic E-state index is 16.0. The third-order valence-corrected chi connectivity index (χ3v) is 9.84. The van der Waals surface area contributed by atoms with E-state index in [0.29, 0.717) is 0 Å². The molecule has 21 nitrogen and oxygen atoms in total. The number of nitrogens with two attached hydrogens (primary N) is 2. The molecule has 3 fully saturated rings. The minimum absolute atomic E-state index is 0.00166. The number of rotatable bonds is 3. The molecule has 0 spiro atoms. The molecule has 3 saturated heterocycles. The summed E-state index contributed by atoms with van der Waals surface area (Å²) in [6.45, 7) is -1.76. The molecule has 6 N–H and O–H groups in total. The standard InChI is InChI=1S/C21H24F2N10O11P2/c1-38-46(37)40-3-8-13(10(23)19(42-8)32-5-28-11-15(24)26-4-27-16(11)32)43-45(35,36)39-2-7-9(22)14(44-46)20(41-7)33-6-29-12-17(33)30-21(25)31-18(12)34/h4-10,13-14,19-20H,2-3H2,1H3,(H,35,36)(H2,24,26,27)(H3,25,30,31,34)/t7-,8-,9?,10+,13?,14+,19-,20-,46?/m1/s1. The van der Waals surface area contributed by atoms with Gasteiger partial charge < -0.3 is 25.8 Å². The van der Waals surface area contributed by atoms with E-state index in [1.807, 2.05) is 0 Å². The van der Waals surface area contributed by atoms with Crippen LogP contribution in [0.2, 0.25) is 0 Å². The van der Waals surface area contributed by atoms with Crippen LogP contribution in [0.15, 0.2) is 23.8 Å². The average Bonchev–Trinajstić information content (AvgIpc) is 3.77. The van der Waals surface area contributed by atoms with E-state index in [4.69, 9.17) is 43.6 Å². The Kier molecular flexibility index (Phi) is 7.67. The van der Waals surface area contributed by atoms with Gasteiger partial charge in [-0.1, -0.05) is 0 Å². The van der Waals surface area contributed by atoms with Crippen molar-refractivity contribution in [3.63, 3.8) is 0 Å². The monoisotopic (exact) mass is 692 g/mol.